The maximum atomic E-state index is 12.6. The SMILES string of the molecule is C=C1C[C@@H]2CC(=NOCC(C)N)CC[C@]2(C)[C@@H]2CC[C@]3(C)C(=O)CC[C@H]3[C@H]12. The fourth-order valence-corrected chi connectivity index (χ4v) is 7.03. The van der Waals surface area contributed by atoms with E-state index in [0.29, 0.717) is 41.5 Å². The van der Waals surface area contributed by atoms with Gasteiger partial charge in [0.1, 0.15) is 12.4 Å². The van der Waals surface area contributed by atoms with Crippen molar-refractivity contribution in [2.24, 2.45) is 45.4 Å². The van der Waals surface area contributed by atoms with E-state index in [0.717, 1.165) is 38.5 Å². The minimum Gasteiger partial charge on any atom is -0.394 e. The molecule has 4 aliphatic rings. The summed E-state index contributed by atoms with van der Waals surface area (Å²) in [7, 11) is 0. The summed E-state index contributed by atoms with van der Waals surface area (Å²) in [6, 6.07) is 0.0177. The van der Waals surface area contributed by atoms with Gasteiger partial charge in [-0.3, -0.25) is 4.79 Å². The molecule has 2 N–H and O–H groups in total. The summed E-state index contributed by atoms with van der Waals surface area (Å²) in [5.41, 5.74) is 8.63. The molecule has 4 rings (SSSR count). The number of rotatable bonds is 3. The molecule has 150 valence electrons. The van der Waals surface area contributed by atoms with Gasteiger partial charge in [0.25, 0.3) is 0 Å². The van der Waals surface area contributed by atoms with Crippen molar-refractivity contribution < 1.29 is 9.63 Å². The molecule has 4 aliphatic carbocycles. The Labute approximate surface area is 164 Å². The van der Waals surface area contributed by atoms with Crippen LogP contribution in [0.5, 0.6) is 0 Å². The Balaban J connectivity index is 1.54. The van der Waals surface area contributed by atoms with Crippen molar-refractivity contribution in [2.45, 2.75) is 78.2 Å². The molecule has 27 heavy (non-hydrogen) atoms. The van der Waals surface area contributed by atoms with Gasteiger partial charge in [-0.15, -0.1) is 0 Å². The number of Topliss-reactive ketones (excluding diaryl/α,β-unsaturated/α-hetero) is 1. The second-order valence-electron chi connectivity index (χ2n) is 10.4. The van der Waals surface area contributed by atoms with Gasteiger partial charge in [-0.05, 0) is 81.0 Å². The zero-order valence-corrected chi connectivity index (χ0v) is 17.3. The molecule has 0 aromatic rings. The van der Waals surface area contributed by atoms with Crippen molar-refractivity contribution in [2.75, 3.05) is 6.61 Å². The number of ketones is 1. The Kier molecular flexibility index (Phi) is 4.77. The normalized spacial score (nSPS) is 46.6. The average Bonchev–Trinajstić information content (AvgIpc) is 2.91. The molecule has 0 aromatic carbocycles. The van der Waals surface area contributed by atoms with E-state index in [1.165, 1.54) is 24.1 Å². The third kappa shape index (κ3) is 2.99. The second kappa shape index (κ2) is 6.72. The van der Waals surface area contributed by atoms with E-state index in [9.17, 15) is 4.79 Å². The lowest BCUT2D eigenvalue weighted by molar-refractivity contribution is -0.133. The van der Waals surface area contributed by atoms with Crippen LogP contribution >= 0.6 is 0 Å². The van der Waals surface area contributed by atoms with Gasteiger partial charge < -0.3 is 10.6 Å². The number of hydrogen-bond acceptors (Lipinski definition) is 4. The van der Waals surface area contributed by atoms with Gasteiger partial charge in [-0.25, -0.2) is 0 Å². The van der Waals surface area contributed by atoms with Crippen molar-refractivity contribution in [3.63, 3.8) is 0 Å². The van der Waals surface area contributed by atoms with Gasteiger partial charge in [-0.1, -0.05) is 31.2 Å². The van der Waals surface area contributed by atoms with Crippen molar-refractivity contribution in [1.82, 2.24) is 0 Å². The Morgan fingerprint density at radius 3 is 2.74 bits per heavy atom. The van der Waals surface area contributed by atoms with Crippen LogP contribution in [0.15, 0.2) is 17.3 Å². The molecule has 0 spiro atoms. The topological polar surface area (TPSA) is 64.7 Å². The van der Waals surface area contributed by atoms with Crippen LogP contribution in [0.4, 0.5) is 0 Å². The molecule has 1 unspecified atom stereocenters. The number of fused-ring (bicyclic) bond motifs is 5. The van der Waals surface area contributed by atoms with Gasteiger partial charge in [-0.2, -0.15) is 0 Å². The summed E-state index contributed by atoms with van der Waals surface area (Å²) in [6.45, 7) is 11.7. The highest BCUT2D eigenvalue weighted by Gasteiger charge is 2.61. The summed E-state index contributed by atoms with van der Waals surface area (Å²) in [5, 5.41) is 4.41. The zero-order chi connectivity index (χ0) is 19.4. The maximum Gasteiger partial charge on any atom is 0.139 e. The van der Waals surface area contributed by atoms with Gasteiger partial charge in [0.2, 0.25) is 0 Å². The van der Waals surface area contributed by atoms with Crippen LogP contribution in [-0.2, 0) is 9.63 Å². The minimum atomic E-state index is -0.0820. The predicted octanol–water partition coefficient (Wildman–Crippen LogP) is 4.48. The van der Waals surface area contributed by atoms with Gasteiger partial charge in [0.15, 0.2) is 0 Å². The first-order valence-electron chi connectivity index (χ1n) is 10.9. The zero-order valence-electron chi connectivity index (χ0n) is 17.3. The molecule has 0 saturated heterocycles. The fraction of sp³-hybridized carbons (Fsp3) is 0.826. The molecule has 0 amide bonds. The van der Waals surface area contributed by atoms with Crippen molar-refractivity contribution in [1.29, 1.82) is 0 Å². The molecule has 0 heterocycles. The van der Waals surface area contributed by atoms with Crippen molar-refractivity contribution >= 4 is 11.5 Å². The van der Waals surface area contributed by atoms with Gasteiger partial charge in [0, 0.05) is 17.9 Å². The fourth-order valence-electron chi connectivity index (χ4n) is 7.03. The first-order chi connectivity index (χ1) is 12.8. The van der Waals surface area contributed by atoms with Crippen LogP contribution in [0.25, 0.3) is 0 Å². The molecule has 4 heteroatoms. The highest BCUT2D eigenvalue weighted by Crippen LogP contribution is 2.66. The van der Waals surface area contributed by atoms with E-state index in [1.54, 1.807) is 0 Å². The molecule has 4 nitrogen and oxygen atoms in total. The Bertz CT molecular complexity index is 669. The number of carbonyl (C=O) groups excluding carboxylic acids is 1. The van der Waals surface area contributed by atoms with Crippen LogP contribution in [0, 0.1) is 34.5 Å². The number of carbonyl (C=O) groups is 1. The largest absolute Gasteiger partial charge is 0.394 e. The van der Waals surface area contributed by atoms with E-state index >= 15 is 0 Å². The maximum absolute atomic E-state index is 12.6. The molecule has 0 aliphatic heterocycles. The number of oxime groups is 1. The lowest BCUT2D eigenvalue weighted by atomic mass is 9.44. The van der Waals surface area contributed by atoms with Crippen molar-refractivity contribution in [3.8, 4) is 0 Å². The lowest BCUT2D eigenvalue weighted by Gasteiger charge is -2.60. The average molecular weight is 373 g/mol. The third-order valence-electron chi connectivity index (χ3n) is 8.70. The third-order valence-corrected chi connectivity index (χ3v) is 8.70. The summed E-state index contributed by atoms with van der Waals surface area (Å²) in [6.07, 6.45) is 8.45. The molecular formula is C23H36N2O2. The molecule has 4 fully saturated rings. The summed E-state index contributed by atoms with van der Waals surface area (Å²) in [5.74, 6) is 2.87. The smallest absolute Gasteiger partial charge is 0.139 e. The molecule has 0 radical (unpaired) electrons. The second-order valence-corrected chi connectivity index (χ2v) is 10.4. The Hall–Kier alpha value is -1.16. The quantitative estimate of drug-likeness (QED) is 0.586. The van der Waals surface area contributed by atoms with E-state index in [-0.39, 0.29) is 11.5 Å². The Morgan fingerprint density at radius 2 is 2.00 bits per heavy atom. The first-order valence-corrected chi connectivity index (χ1v) is 10.9. The molecular weight excluding hydrogens is 336 g/mol. The number of nitrogens with zero attached hydrogens (tertiary/aromatic N) is 1. The molecule has 7 atom stereocenters. The lowest BCUT2D eigenvalue weighted by Crippen LogP contribution is -2.54. The van der Waals surface area contributed by atoms with Crippen LogP contribution in [0.3, 0.4) is 0 Å². The Morgan fingerprint density at radius 1 is 1.22 bits per heavy atom. The predicted molar refractivity (Wildman–Crippen MR) is 108 cm³/mol. The van der Waals surface area contributed by atoms with Crippen LogP contribution in [0.1, 0.15) is 72.1 Å². The van der Waals surface area contributed by atoms with Gasteiger partial charge in [0.05, 0.1) is 5.71 Å². The summed E-state index contributed by atoms with van der Waals surface area (Å²) < 4.78 is 0. The monoisotopic (exact) mass is 372 g/mol. The van der Waals surface area contributed by atoms with Gasteiger partial charge >= 0.3 is 0 Å². The number of allylic oxidation sites excluding steroid dienone is 1. The summed E-state index contributed by atoms with van der Waals surface area (Å²) in [4.78, 5) is 18.1. The van der Waals surface area contributed by atoms with Crippen LogP contribution < -0.4 is 5.73 Å². The molecule has 0 bridgehead atoms. The summed E-state index contributed by atoms with van der Waals surface area (Å²) >= 11 is 0. The molecule has 0 aromatic heterocycles. The number of nitrogens with two attached hydrogens (primary N) is 1. The highest BCUT2D eigenvalue weighted by molar-refractivity contribution is 5.87. The van der Waals surface area contributed by atoms with Crippen LogP contribution in [0.2, 0.25) is 0 Å². The first kappa shape index (κ1) is 19.2. The molecule has 4 saturated carbocycles. The van der Waals surface area contributed by atoms with Crippen molar-refractivity contribution in [3.05, 3.63) is 12.2 Å². The highest BCUT2D eigenvalue weighted by atomic mass is 16.6. The van der Waals surface area contributed by atoms with E-state index in [1.807, 2.05) is 6.92 Å². The minimum absolute atomic E-state index is 0.0177. The number of hydrogen-bond donors (Lipinski definition) is 1. The van der Waals surface area contributed by atoms with E-state index in [4.69, 9.17) is 10.6 Å². The van der Waals surface area contributed by atoms with Crippen LogP contribution in [-0.4, -0.2) is 24.1 Å². The van der Waals surface area contributed by atoms with E-state index in [2.05, 4.69) is 25.6 Å². The van der Waals surface area contributed by atoms with E-state index < -0.39 is 0 Å². The standard InChI is InChI=1S/C23H36N2O2/c1-14-11-16-12-17(25-27-13-15(2)24)7-9-22(16,3)19-8-10-23(4)18(21(14)19)5-6-20(23)26/h15-16,18-19,21H,1,5-13,24H2,2-4H3/t15?,16-,18+,19-,21+,22+,23+/m1/s1.